The molecular weight excluding hydrogens is 312 g/mol. The summed E-state index contributed by atoms with van der Waals surface area (Å²) in [4.78, 5) is 8.74. The smallest absolute Gasteiger partial charge is 0.201 e. The molecule has 0 spiro atoms. The number of thiazole rings is 1. The van der Waals surface area contributed by atoms with Crippen molar-refractivity contribution in [1.29, 1.82) is 0 Å². The summed E-state index contributed by atoms with van der Waals surface area (Å²) in [5.41, 5.74) is 7.94. The van der Waals surface area contributed by atoms with Crippen LogP contribution in [0.1, 0.15) is 18.0 Å². The lowest BCUT2D eigenvalue weighted by Gasteiger charge is -2.13. The quantitative estimate of drug-likeness (QED) is 0.786. The second kappa shape index (κ2) is 4.37. The Labute approximate surface area is 117 Å². The predicted octanol–water partition coefficient (Wildman–Crippen LogP) is 3.45. The van der Waals surface area contributed by atoms with Gasteiger partial charge in [0.2, 0.25) is 5.95 Å². The number of fused-ring (bicyclic) bond motifs is 1. The van der Waals surface area contributed by atoms with E-state index in [9.17, 15) is 0 Å². The third-order valence-electron chi connectivity index (χ3n) is 2.87. The highest BCUT2D eigenvalue weighted by Gasteiger charge is 2.17. The second-order valence-electron chi connectivity index (χ2n) is 4.02. The molecule has 3 aromatic rings. The van der Waals surface area contributed by atoms with Crippen LogP contribution in [0.5, 0.6) is 0 Å². The Kier molecular flexibility index (Phi) is 2.83. The first kappa shape index (κ1) is 11.7. The number of nitrogens with two attached hydrogens (primary N) is 1. The van der Waals surface area contributed by atoms with Gasteiger partial charge in [-0.1, -0.05) is 15.9 Å². The van der Waals surface area contributed by atoms with E-state index in [1.807, 2.05) is 34.3 Å². The number of hydrogen-bond donors (Lipinski definition) is 1. The zero-order chi connectivity index (χ0) is 12.7. The predicted molar refractivity (Wildman–Crippen MR) is 77.8 cm³/mol. The molecule has 0 saturated carbocycles. The molecule has 0 saturated heterocycles. The molecular formula is C12H11BrN4S. The fourth-order valence-corrected chi connectivity index (χ4v) is 3.08. The molecule has 92 valence electrons. The molecule has 1 aromatic carbocycles. The number of benzene rings is 1. The minimum Gasteiger partial charge on any atom is -0.369 e. The first-order chi connectivity index (χ1) is 8.66. The van der Waals surface area contributed by atoms with Gasteiger partial charge in [-0.25, -0.2) is 9.97 Å². The maximum atomic E-state index is 6.02. The minimum absolute atomic E-state index is 0.0937. The van der Waals surface area contributed by atoms with Crippen molar-refractivity contribution < 1.29 is 0 Å². The summed E-state index contributed by atoms with van der Waals surface area (Å²) in [5.74, 6) is 0.519. The Bertz CT molecular complexity index is 689. The summed E-state index contributed by atoms with van der Waals surface area (Å²) in [5, 5.41) is 3.00. The van der Waals surface area contributed by atoms with Crippen molar-refractivity contribution >= 4 is 44.2 Å². The van der Waals surface area contributed by atoms with Gasteiger partial charge in [0.25, 0.3) is 0 Å². The van der Waals surface area contributed by atoms with Crippen LogP contribution < -0.4 is 5.73 Å². The third-order valence-corrected chi connectivity index (χ3v) is 4.31. The molecule has 1 unspecified atom stereocenters. The molecule has 0 fully saturated rings. The fourth-order valence-electron chi connectivity index (χ4n) is 2.05. The number of hydrogen-bond acceptors (Lipinski definition) is 4. The summed E-state index contributed by atoms with van der Waals surface area (Å²) in [6.07, 6.45) is 1.81. The van der Waals surface area contributed by atoms with Crippen LogP contribution in [0.4, 0.5) is 5.95 Å². The topological polar surface area (TPSA) is 56.7 Å². The van der Waals surface area contributed by atoms with Crippen molar-refractivity contribution in [1.82, 2.24) is 14.5 Å². The van der Waals surface area contributed by atoms with Gasteiger partial charge in [-0.2, -0.15) is 0 Å². The van der Waals surface area contributed by atoms with E-state index in [1.165, 1.54) is 0 Å². The first-order valence-electron chi connectivity index (χ1n) is 5.49. The molecule has 1 atom stereocenters. The van der Waals surface area contributed by atoms with E-state index in [2.05, 4.69) is 32.8 Å². The summed E-state index contributed by atoms with van der Waals surface area (Å²) < 4.78 is 3.02. The average molecular weight is 323 g/mol. The van der Waals surface area contributed by atoms with E-state index in [1.54, 1.807) is 11.3 Å². The number of rotatable bonds is 2. The summed E-state index contributed by atoms with van der Waals surface area (Å²) in [7, 11) is 0. The van der Waals surface area contributed by atoms with Gasteiger partial charge < -0.3 is 10.3 Å². The fraction of sp³-hybridized carbons (Fsp3) is 0.167. The van der Waals surface area contributed by atoms with E-state index in [0.717, 1.165) is 20.5 Å². The second-order valence-corrected chi connectivity index (χ2v) is 5.86. The Morgan fingerprint density at radius 2 is 2.28 bits per heavy atom. The van der Waals surface area contributed by atoms with Gasteiger partial charge in [0.15, 0.2) is 0 Å². The normalized spacial score (nSPS) is 13.0. The van der Waals surface area contributed by atoms with Crippen LogP contribution in [0.3, 0.4) is 0 Å². The van der Waals surface area contributed by atoms with Crippen molar-refractivity contribution in [3.05, 3.63) is 39.3 Å². The van der Waals surface area contributed by atoms with Crippen LogP contribution in [0, 0.1) is 0 Å². The number of halogens is 1. The van der Waals surface area contributed by atoms with Crippen molar-refractivity contribution in [3.63, 3.8) is 0 Å². The zero-order valence-electron chi connectivity index (χ0n) is 9.67. The Morgan fingerprint density at radius 1 is 1.44 bits per heavy atom. The van der Waals surface area contributed by atoms with Crippen molar-refractivity contribution in [3.8, 4) is 0 Å². The van der Waals surface area contributed by atoms with E-state index < -0.39 is 0 Å². The molecule has 6 heteroatoms. The molecule has 4 nitrogen and oxygen atoms in total. The zero-order valence-corrected chi connectivity index (χ0v) is 12.1. The molecule has 2 heterocycles. The van der Waals surface area contributed by atoms with Gasteiger partial charge in [-0.05, 0) is 25.1 Å². The largest absolute Gasteiger partial charge is 0.369 e. The Morgan fingerprint density at radius 3 is 3.00 bits per heavy atom. The number of nitrogens with zero attached hydrogens (tertiary/aromatic N) is 3. The van der Waals surface area contributed by atoms with Crippen LogP contribution in [0.25, 0.3) is 11.0 Å². The van der Waals surface area contributed by atoms with Crippen LogP contribution in [0.15, 0.2) is 34.2 Å². The molecule has 2 aromatic heterocycles. The standard InChI is InChI=1S/C12H11BrN4S/c1-7(11-15-4-5-18-11)17-10-3-2-8(13)6-9(10)16-12(17)14/h2-7H,1H3,(H2,14,16). The number of imidazole rings is 1. The summed E-state index contributed by atoms with van der Waals surface area (Å²) >= 11 is 5.07. The Hall–Kier alpha value is -1.40. The third kappa shape index (κ3) is 1.81. The summed E-state index contributed by atoms with van der Waals surface area (Å²) in [6.45, 7) is 2.08. The molecule has 18 heavy (non-hydrogen) atoms. The first-order valence-corrected chi connectivity index (χ1v) is 7.16. The van der Waals surface area contributed by atoms with E-state index in [-0.39, 0.29) is 6.04 Å². The van der Waals surface area contributed by atoms with Crippen LogP contribution in [-0.4, -0.2) is 14.5 Å². The van der Waals surface area contributed by atoms with Crippen LogP contribution in [0.2, 0.25) is 0 Å². The SMILES string of the molecule is CC(c1nccs1)n1c(N)nc2cc(Br)ccc21. The number of anilines is 1. The summed E-state index contributed by atoms with van der Waals surface area (Å²) in [6, 6.07) is 6.08. The van der Waals surface area contributed by atoms with Crippen LogP contribution >= 0.6 is 27.3 Å². The number of aromatic nitrogens is 3. The molecule has 0 aliphatic rings. The van der Waals surface area contributed by atoms with Crippen LogP contribution in [-0.2, 0) is 0 Å². The highest BCUT2D eigenvalue weighted by Crippen LogP contribution is 2.29. The Balaban J connectivity index is 2.19. The minimum atomic E-state index is 0.0937. The number of nitrogen functional groups attached to an aromatic ring is 1. The molecule has 0 radical (unpaired) electrons. The van der Waals surface area contributed by atoms with Gasteiger partial charge in [0.1, 0.15) is 5.01 Å². The monoisotopic (exact) mass is 322 g/mol. The van der Waals surface area contributed by atoms with E-state index in [4.69, 9.17) is 5.73 Å². The van der Waals surface area contributed by atoms with Gasteiger partial charge in [-0.3, -0.25) is 0 Å². The molecule has 3 rings (SSSR count). The van der Waals surface area contributed by atoms with Gasteiger partial charge in [0.05, 0.1) is 17.1 Å². The highest BCUT2D eigenvalue weighted by molar-refractivity contribution is 9.10. The van der Waals surface area contributed by atoms with E-state index >= 15 is 0 Å². The average Bonchev–Trinajstić information content (AvgIpc) is 2.94. The molecule has 0 aliphatic carbocycles. The van der Waals surface area contributed by atoms with E-state index in [0.29, 0.717) is 5.95 Å². The lowest BCUT2D eigenvalue weighted by molar-refractivity contribution is 0.662. The van der Waals surface area contributed by atoms with Gasteiger partial charge in [-0.15, -0.1) is 11.3 Å². The van der Waals surface area contributed by atoms with Crippen molar-refractivity contribution in [2.75, 3.05) is 5.73 Å². The lowest BCUT2D eigenvalue weighted by atomic mass is 10.3. The molecule has 0 amide bonds. The van der Waals surface area contributed by atoms with Gasteiger partial charge in [0, 0.05) is 16.0 Å². The molecule has 0 aliphatic heterocycles. The van der Waals surface area contributed by atoms with Gasteiger partial charge >= 0.3 is 0 Å². The molecule has 2 N–H and O–H groups in total. The van der Waals surface area contributed by atoms with Crippen molar-refractivity contribution in [2.24, 2.45) is 0 Å². The molecule has 0 bridgehead atoms. The lowest BCUT2D eigenvalue weighted by Crippen LogP contribution is -2.09. The maximum Gasteiger partial charge on any atom is 0.201 e. The highest BCUT2D eigenvalue weighted by atomic mass is 79.9. The maximum absolute atomic E-state index is 6.02. The van der Waals surface area contributed by atoms with Crippen molar-refractivity contribution in [2.45, 2.75) is 13.0 Å².